The smallest absolute Gasteiger partial charge is 0.140 e. The Bertz CT molecular complexity index is 275. The van der Waals surface area contributed by atoms with Gasteiger partial charge in [0.15, 0.2) is 0 Å². The third kappa shape index (κ3) is 1.53. The maximum atomic E-state index is 11.9. The highest BCUT2D eigenvalue weighted by atomic mass is 16.1. The first kappa shape index (κ1) is 9.95. The molecule has 0 bridgehead atoms. The summed E-state index contributed by atoms with van der Waals surface area (Å²) in [6, 6.07) is 0. The van der Waals surface area contributed by atoms with Gasteiger partial charge in [-0.05, 0) is 30.6 Å². The van der Waals surface area contributed by atoms with Crippen molar-refractivity contribution < 1.29 is 4.79 Å². The molecule has 0 unspecified atom stereocenters. The number of hydrogen-bond donors (Lipinski definition) is 0. The van der Waals surface area contributed by atoms with Crippen molar-refractivity contribution >= 4 is 5.78 Å². The molecule has 1 fully saturated rings. The zero-order valence-electron chi connectivity index (χ0n) is 9.42. The second-order valence-electron chi connectivity index (χ2n) is 5.28. The minimum absolute atomic E-state index is 0.368. The topological polar surface area (TPSA) is 17.1 Å². The predicted molar refractivity (Wildman–Crippen MR) is 57.9 cm³/mol. The van der Waals surface area contributed by atoms with Gasteiger partial charge in [0.2, 0.25) is 0 Å². The Balaban J connectivity index is 2.26. The highest BCUT2D eigenvalue weighted by Crippen LogP contribution is 2.43. The number of carbonyl (C=O) groups is 1. The van der Waals surface area contributed by atoms with Crippen molar-refractivity contribution in [3.05, 3.63) is 11.6 Å². The van der Waals surface area contributed by atoms with Gasteiger partial charge in [-0.3, -0.25) is 4.79 Å². The van der Waals surface area contributed by atoms with E-state index in [-0.39, 0.29) is 0 Å². The number of hydrogen-bond acceptors (Lipinski definition) is 1. The van der Waals surface area contributed by atoms with Crippen molar-refractivity contribution in [1.29, 1.82) is 0 Å². The third-order valence-corrected chi connectivity index (χ3v) is 3.99. The van der Waals surface area contributed by atoms with Crippen molar-refractivity contribution in [2.75, 3.05) is 0 Å². The Morgan fingerprint density at radius 2 is 2.07 bits per heavy atom. The summed E-state index contributed by atoms with van der Waals surface area (Å²) in [6.45, 7) is 6.68. The summed E-state index contributed by atoms with van der Waals surface area (Å²) in [7, 11) is 0. The molecule has 0 aromatic carbocycles. The van der Waals surface area contributed by atoms with Gasteiger partial charge < -0.3 is 0 Å². The lowest BCUT2D eigenvalue weighted by molar-refractivity contribution is -0.123. The molecule has 0 amide bonds. The van der Waals surface area contributed by atoms with Crippen LogP contribution >= 0.6 is 0 Å². The lowest BCUT2D eigenvalue weighted by Gasteiger charge is -2.27. The van der Waals surface area contributed by atoms with Crippen molar-refractivity contribution in [3.63, 3.8) is 0 Å². The fourth-order valence-corrected chi connectivity index (χ4v) is 2.91. The molecule has 2 aliphatic rings. The van der Waals surface area contributed by atoms with E-state index in [4.69, 9.17) is 0 Å². The molecule has 0 spiro atoms. The molecule has 0 radical (unpaired) electrons. The van der Waals surface area contributed by atoms with Gasteiger partial charge in [0, 0.05) is 12.3 Å². The van der Waals surface area contributed by atoms with Crippen LogP contribution in [-0.4, -0.2) is 5.78 Å². The average Bonchev–Trinajstić information content (AvgIpc) is 2.48. The van der Waals surface area contributed by atoms with Gasteiger partial charge in [-0.1, -0.05) is 32.4 Å². The van der Waals surface area contributed by atoms with E-state index in [0.29, 0.717) is 23.5 Å². The Labute approximate surface area is 86.6 Å². The number of rotatable bonds is 1. The van der Waals surface area contributed by atoms with E-state index >= 15 is 0 Å². The van der Waals surface area contributed by atoms with E-state index in [9.17, 15) is 4.79 Å². The zero-order valence-corrected chi connectivity index (χ0v) is 9.42. The molecular weight excluding hydrogens is 172 g/mol. The molecule has 0 aliphatic heterocycles. The molecule has 78 valence electrons. The quantitative estimate of drug-likeness (QED) is 0.583. The van der Waals surface area contributed by atoms with Crippen molar-refractivity contribution in [3.8, 4) is 0 Å². The summed E-state index contributed by atoms with van der Waals surface area (Å²) < 4.78 is 0. The second-order valence-corrected chi connectivity index (χ2v) is 5.28. The summed E-state index contributed by atoms with van der Waals surface area (Å²) in [4.78, 5) is 11.9. The number of allylic oxidation sites excluding steroid dienone is 2. The molecule has 0 heterocycles. The summed E-state index contributed by atoms with van der Waals surface area (Å²) in [5.74, 6) is 2.71. The molecule has 0 saturated heterocycles. The first-order valence-corrected chi connectivity index (χ1v) is 5.83. The van der Waals surface area contributed by atoms with Crippen LogP contribution in [0.5, 0.6) is 0 Å². The number of carbonyl (C=O) groups excluding carboxylic acids is 1. The van der Waals surface area contributed by atoms with Crippen LogP contribution in [0.2, 0.25) is 0 Å². The molecule has 1 saturated carbocycles. The summed E-state index contributed by atoms with van der Waals surface area (Å²) >= 11 is 0. The van der Waals surface area contributed by atoms with Crippen LogP contribution < -0.4 is 0 Å². The van der Waals surface area contributed by atoms with Crippen LogP contribution in [0, 0.1) is 23.7 Å². The Morgan fingerprint density at radius 3 is 2.71 bits per heavy atom. The molecular formula is C13H20O. The number of ketones is 1. The van der Waals surface area contributed by atoms with Crippen molar-refractivity contribution in [2.45, 2.75) is 40.0 Å². The molecule has 2 aliphatic carbocycles. The summed E-state index contributed by atoms with van der Waals surface area (Å²) in [6.07, 6.45) is 5.51. The minimum atomic E-state index is 0.368. The van der Waals surface area contributed by atoms with Crippen LogP contribution in [0.4, 0.5) is 0 Å². The third-order valence-electron chi connectivity index (χ3n) is 3.99. The van der Waals surface area contributed by atoms with Gasteiger partial charge in [-0.2, -0.15) is 0 Å². The lowest BCUT2D eigenvalue weighted by atomic mass is 9.77. The molecule has 14 heavy (non-hydrogen) atoms. The molecule has 0 aromatic heterocycles. The molecule has 3 atom stereocenters. The van der Waals surface area contributed by atoms with E-state index in [1.807, 2.05) is 0 Å². The summed E-state index contributed by atoms with van der Waals surface area (Å²) in [5.41, 5.74) is 1.38. The predicted octanol–water partition coefficient (Wildman–Crippen LogP) is 3.20. The fourth-order valence-electron chi connectivity index (χ4n) is 2.91. The highest BCUT2D eigenvalue weighted by Gasteiger charge is 2.39. The summed E-state index contributed by atoms with van der Waals surface area (Å²) in [5, 5.41) is 0. The standard InChI is InChI=1S/C13H20O/c1-8(2)10-6-12-9(3)4-5-11(12)13(14)7-10/h6,8-9,11-12H,4-5,7H2,1-3H3/t9-,11+,12-/m1/s1. The van der Waals surface area contributed by atoms with Gasteiger partial charge in [0.25, 0.3) is 0 Å². The molecule has 1 nitrogen and oxygen atoms in total. The minimum Gasteiger partial charge on any atom is -0.299 e. The average molecular weight is 192 g/mol. The number of fused-ring (bicyclic) bond motifs is 1. The number of Topliss-reactive ketones (excluding diaryl/α,β-unsaturated/α-hetero) is 1. The zero-order chi connectivity index (χ0) is 10.3. The lowest BCUT2D eigenvalue weighted by Crippen LogP contribution is -2.26. The van der Waals surface area contributed by atoms with Gasteiger partial charge in [-0.25, -0.2) is 0 Å². The Hall–Kier alpha value is -0.590. The molecule has 1 heteroatoms. The van der Waals surface area contributed by atoms with Crippen LogP contribution in [0.25, 0.3) is 0 Å². The first-order valence-electron chi connectivity index (χ1n) is 5.83. The fraction of sp³-hybridized carbons (Fsp3) is 0.769. The van der Waals surface area contributed by atoms with E-state index in [0.717, 1.165) is 18.8 Å². The normalized spacial score (nSPS) is 37.3. The van der Waals surface area contributed by atoms with Crippen LogP contribution in [-0.2, 0) is 4.79 Å². The molecule has 2 rings (SSSR count). The Kier molecular flexibility index (Phi) is 2.50. The van der Waals surface area contributed by atoms with Gasteiger partial charge in [0.1, 0.15) is 5.78 Å². The van der Waals surface area contributed by atoms with Crippen molar-refractivity contribution in [2.24, 2.45) is 23.7 Å². The molecule has 0 aromatic rings. The Morgan fingerprint density at radius 1 is 1.36 bits per heavy atom. The second kappa shape index (κ2) is 3.52. The maximum Gasteiger partial charge on any atom is 0.140 e. The van der Waals surface area contributed by atoms with Gasteiger partial charge >= 0.3 is 0 Å². The van der Waals surface area contributed by atoms with E-state index in [2.05, 4.69) is 26.8 Å². The first-order chi connectivity index (χ1) is 6.59. The van der Waals surface area contributed by atoms with Crippen LogP contribution in [0.1, 0.15) is 40.0 Å². The SMILES string of the molecule is CC(C)C1=C[C@@H]2[C@H](C)CC[C@@H]2C(=O)C1. The van der Waals surface area contributed by atoms with Crippen LogP contribution in [0.15, 0.2) is 11.6 Å². The maximum absolute atomic E-state index is 11.9. The largest absolute Gasteiger partial charge is 0.299 e. The van der Waals surface area contributed by atoms with Crippen molar-refractivity contribution in [1.82, 2.24) is 0 Å². The van der Waals surface area contributed by atoms with E-state index in [1.165, 1.54) is 12.0 Å². The van der Waals surface area contributed by atoms with Crippen LogP contribution in [0.3, 0.4) is 0 Å². The van der Waals surface area contributed by atoms with E-state index in [1.54, 1.807) is 0 Å². The monoisotopic (exact) mass is 192 g/mol. The van der Waals surface area contributed by atoms with Gasteiger partial charge in [0.05, 0.1) is 0 Å². The highest BCUT2D eigenvalue weighted by molar-refractivity contribution is 5.85. The van der Waals surface area contributed by atoms with E-state index < -0.39 is 0 Å². The molecule has 0 N–H and O–H groups in total. The van der Waals surface area contributed by atoms with Gasteiger partial charge in [-0.15, -0.1) is 0 Å².